The van der Waals surface area contributed by atoms with Crippen LogP contribution in [-0.2, 0) is 11.3 Å². The van der Waals surface area contributed by atoms with Crippen LogP contribution in [0.15, 0.2) is 47.1 Å². The Morgan fingerprint density at radius 3 is 2.66 bits per heavy atom. The molecule has 2 aliphatic heterocycles. The minimum absolute atomic E-state index is 0.158. The van der Waals surface area contributed by atoms with Crippen LogP contribution < -0.4 is 0 Å². The molecule has 0 radical (unpaired) electrons. The van der Waals surface area contributed by atoms with E-state index in [1.54, 1.807) is 0 Å². The number of imidazole rings is 1. The van der Waals surface area contributed by atoms with Gasteiger partial charge in [0.25, 0.3) is 0 Å². The molecule has 29 heavy (non-hydrogen) atoms. The highest BCUT2D eigenvalue weighted by Gasteiger charge is 2.31. The maximum Gasteiger partial charge on any atom is 0.233 e. The smallest absolute Gasteiger partial charge is 0.233 e. The minimum Gasteiger partial charge on any atom is -0.423 e. The molecule has 1 atom stereocenters. The quantitative estimate of drug-likeness (QED) is 0.655. The van der Waals surface area contributed by atoms with Crippen LogP contribution in [0.4, 0.5) is 0 Å². The molecule has 5 rings (SSSR count). The van der Waals surface area contributed by atoms with Crippen LogP contribution in [0.25, 0.3) is 5.69 Å². The molecule has 2 fully saturated rings. The third-order valence-corrected chi connectivity index (χ3v) is 6.02. The second-order valence-corrected chi connectivity index (χ2v) is 7.90. The van der Waals surface area contributed by atoms with Gasteiger partial charge in [0.05, 0.1) is 12.6 Å². The fourth-order valence-electron chi connectivity index (χ4n) is 4.41. The van der Waals surface area contributed by atoms with Crippen LogP contribution >= 0.6 is 0 Å². The predicted molar refractivity (Wildman–Crippen MR) is 108 cm³/mol. The van der Waals surface area contributed by atoms with E-state index in [4.69, 9.17) is 9.15 Å². The van der Waals surface area contributed by atoms with Crippen molar-refractivity contribution < 1.29 is 9.15 Å². The first-order chi connectivity index (χ1) is 14.4. The van der Waals surface area contributed by atoms with Gasteiger partial charge in [-0.25, -0.2) is 4.98 Å². The Bertz CT molecular complexity index is 916. The highest BCUT2D eigenvalue weighted by molar-refractivity contribution is 5.32. The monoisotopic (exact) mass is 393 g/mol. The molecule has 0 bridgehead atoms. The standard InChI is InChI=1S/C22H27N5O2/c1-2-6-18(7-3-1)27-13-11-23-20(27)16-26-12-5-4-8-19(26)22-25-24-21(29-22)17-9-14-28-15-10-17/h1-3,6-7,11,13,17,19H,4-5,8-10,12,14-16H2/t19-/m0/s1. The predicted octanol–water partition coefficient (Wildman–Crippen LogP) is 3.88. The second kappa shape index (κ2) is 8.47. The van der Waals surface area contributed by atoms with Gasteiger partial charge in [0, 0.05) is 37.2 Å². The average Bonchev–Trinajstić information content (AvgIpc) is 3.45. The lowest BCUT2D eigenvalue weighted by atomic mass is 10.0. The van der Waals surface area contributed by atoms with E-state index >= 15 is 0 Å². The lowest BCUT2D eigenvalue weighted by Crippen LogP contribution is -2.34. The Hall–Kier alpha value is -2.51. The van der Waals surface area contributed by atoms with E-state index in [2.05, 4.69) is 48.9 Å². The van der Waals surface area contributed by atoms with Crippen molar-refractivity contribution >= 4 is 0 Å². The van der Waals surface area contributed by atoms with Crippen molar-refractivity contribution in [2.24, 2.45) is 0 Å². The van der Waals surface area contributed by atoms with Gasteiger partial charge < -0.3 is 13.7 Å². The Kier molecular flexibility index (Phi) is 5.41. The highest BCUT2D eigenvalue weighted by atomic mass is 16.5. The lowest BCUT2D eigenvalue weighted by Gasteiger charge is -2.33. The first-order valence-electron chi connectivity index (χ1n) is 10.6. The van der Waals surface area contributed by atoms with Gasteiger partial charge in [-0.2, -0.15) is 0 Å². The molecule has 0 aliphatic carbocycles. The molecule has 3 aromatic rings. The van der Waals surface area contributed by atoms with Gasteiger partial charge in [0.2, 0.25) is 11.8 Å². The molecule has 7 nitrogen and oxygen atoms in total. The van der Waals surface area contributed by atoms with Crippen LogP contribution in [0, 0.1) is 0 Å². The molecular formula is C22H27N5O2. The van der Waals surface area contributed by atoms with E-state index in [1.807, 2.05) is 18.5 Å². The van der Waals surface area contributed by atoms with Crippen molar-refractivity contribution in [3.05, 3.63) is 60.3 Å². The number of aromatic nitrogens is 4. The molecule has 2 aliphatic rings. The molecule has 152 valence electrons. The zero-order chi connectivity index (χ0) is 19.5. The molecule has 0 saturated carbocycles. The first-order valence-corrected chi connectivity index (χ1v) is 10.6. The van der Waals surface area contributed by atoms with Gasteiger partial charge in [-0.15, -0.1) is 10.2 Å². The molecule has 0 spiro atoms. The van der Waals surface area contributed by atoms with Crippen molar-refractivity contribution in [1.29, 1.82) is 0 Å². The summed E-state index contributed by atoms with van der Waals surface area (Å²) in [5.74, 6) is 2.90. The Balaban J connectivity index is 1.35. The lowest BCUT2D eigenvalue weighted by molar-refractivity contribution is 0.0766. The van der Waals surface area contributed by atoms with Gasteiger partial charge in [0.15, 0.2) is 0 Å². The third kappa shape index (κ3) is 3.97. The fourth-order valence-corrected chi connectivity index (χ4v) is 4.41. The van der Waals surface area contributed by atoms with E-state index in [9.17, 15) is 0 Å². The second-order valence-electron chi connectivity index (χ2n) is 7.90. The third-order valence-electron chi connectivity index (χ3n) is 6.02. The fraction of sp³-hybridized carbons (Fsp3) is 0.500. The first kappa shape index (κ1) is 18.5. The van der Waals surface area contributed by atoms with E-state index in [-0.39, 0.29) is 6.04 Å². The Labute approximate surface area is 170 Å². The maximum atomic E-state index is 6.18. The SMILES string of the molecule is c1ccc(-n2ccnc2CN2CCCC[C@H]2c2nnc(C3CCOCC3)o2)cc1. The summed E-state index contributed by atoms with van der Waals surface area (Å²) in [7, 11) is 0. The summed E-state index contributed by atoms with van der Waals surface area (Å²) in [5.41, 5.74) is 1.13. The molecule has 2 saturated heterocycles. The van der Waals surface area contributed by atoms with Gasteiger partial charge in [-0.3, -0.25) is 4.90 Å². The largest absolute Gasteiger partial charge is 0.423 e. The summed E-state index contributed by atoms with van der Waals surface area (Å²) in [6.45, 7) is 3.34. The highest BCUT2D eigenvalue weighted by Crippen LogP contribution is 2.34. The van der Waals surface area contributed by atoms with Crippen LogP contribution in [0.2, 0.25) is 0 Å². The summed E-state index contributed by atoms with van der Waals surface area (Å²) in [4.78, 5) is 7.07. The summed E-state index contributed by atoms with van der Waals surface area (Å²) >= 11 is 0. The van der Waals surface area contributed by atoms with Crippen molar-refractivity contribution in [2.75, 3.05) is 19.8 Å². The van der Waals surface area contributed by atoms with E-state index in [1.165, 1.54) is 12.8 Å². The summed E-state index contributed by atoms with van der Waals surface area (Å²) in [6, 6.07) is 10.5. The number of likely N-dealkylation sites (tertiary alicyclic amines) is 1. The molecule has 1 aromatic carbocycles. The van der Waals surface area contributed by atoms with Crippen LogP contribution in [0.3, 0.4) is 0 Å². The number of benzene rings is 1. The molecule has 7 heteroatoms. The van der Waals surface area contributed by atoms with Gasteiger partial charge >= 0.3 is 0 Å². The van der Waals surface area contributed by atoms with Crippen molar-refractivity contribution in [1.82, 2.24) is 24.6 Å². The molecule has 0 amide bonds. The number of nitrogens with zero attached hydrogens (tertiary/aromatic N) is 5. The van der Waals surface area contributed by atoms with Crippen LogP contribution in [0.5, 0.6) is 0 Å². The maximum absolute atomic E-state index is 6.18. The molecule has 0 unspecified atom stereocenters. The number of hydrogen-bond donors (Lipinski definition) is 0. The van der Waals surface area contributed by atoms with Crippen LogP contribution in [0.1, 0.15) is 61.7 Å². The summed E-state index contributed by atoms with van der Waals surface area (Å²) in [6.07, 6.45) is 9.24. The topological polar surface area (TPSA) is 69.2 Å². The number of rotatable bonds is 5. The van der Waals surface area contributed by atoms with E-state index in [0.29, 0.717) is 5.92 Å². The average molecular weight is 393 g/mol. The normalized spacial score (nSPS) is 21.4. The Morgan fingerprint density at radius 2 is 1.79 bits per heavy atom. The Morgan fingerprint density at radius 1 is 0.966 bits per heavy atom. The number of piperidine rings is 1. The van der Waals surface area contributed by atoms with Gasteiger partial charge in [-0.05, 0) is 44.4 Å². The number of para-hydroxylation sites is 1. The van der Waals surface area contributed by atoms with Gasteiger partial charge in [-0.1, -0.05) is 24.6 Å². The zero-order valence-corrected chi connectivity index (χ0v) is 16.6. The summed E-state index contributed by atoms with van der Waals surface area (Å²) in [5, 5.41) is 8.84. The van der Waals surface area contributed by atoms with Crippen LogP contribution in [-0.4, -0.2) is 44.4 Å². The number of ether oxygens (including phenoxy) is 1. The molecular weight excluding hydrogens is 366 g/mol. The van der Waals surface area contributed by atoms with Crippen molar-refractivity contribution in [3.63, 3.8) is 0 Å². The van der Waals surface area contributed by atoms with Crippen molar-refractivity contribution in [2.45, 2.75) is 50.6 Å². The zero-order valence-electron chi connectivity index (χ0n) is 16.6. The van der Waals surface area contributed by atoms with E-state index in [0.717, 1.165) is 68.9 Å². The van der Waals surface area contributed by atoms with E-state index < -0.39 is 0 Å². The molecule has 0 N–H and O–H groups in total. The van der Waals surface area contributed by atoms with Gasteiger partial charge in [0.1, 0.15) is 5.82 Å². The van der Waals surface area contributed by atoms with Crippen molar-refractivity contribution in [3.8, 4) is 5.69 Å². The minimum atomic E-state index is 0.158. The summed E-state index contributed by atoms with van der Waals surface area (Å²) < 4.78 is 13.8. The molecule has 4 heterocycles. The number of hydrogen-bond acceptors (Lipinski definition) is 6. The molecule has 2 aromatic heterocycles.